The summed E-state index contributed by atoms with van der Waals surface area (Å²) in [7, 11) is -0.640. The van der Waals surface area contributed by atoms with Crippen molar-refractivity contribution in [1.82, 2.24) is 0 Å². The molecule has 1 aliphatic rings. The van der Waals surface area contributed by atoms with E-state index in [9.17, 15) is 9.18 Å². The van der Waals surface area contributed by atoms with Gasteiger partial charge in [-0.3, -0.25) is 4.79 Å². The SMILES string of the molecule is CC1(C)OB(c2ccc(NC(=O)c3ccccc3)c(F)c2)OC1(C)C. The Morgan fingerprint density at radius 1 is 1.00 bits per heavy atom. The highest BCUT2D eigenvalue weighted by Crippen LogP contribution is 2.36. The second kappa shape index (κ2) is 6.28. The predicted octanol–water partition coefficient (Wildman–Crippen LogP) is 3.38. The van der Waals surface area contributed by atoms with Crippen molar-refractivity contribution in [3.63, 3.8) is 0 Å². The highest BCUT2D eigenvalue weighted by atomic mass is 19.1. The number of amides is 1. The van der Waals surface area contributed by atoms with Crippen LogP contribution in [0, 0.1) is 5.82 Å². The molecule has 0 aliphatic carbocycles. The molecule has 130 valence electrons. The van der Waals surface area contributed by atoms with Crippen LogP contribution in [-0.2, 0) is 9.31 Å². The highest BCUT2D eigenvalue weighted by Gasteiger charge is 2.51. The Bertz CT molecular complexity index is 777. The highest BCUT2D eigenvalue weighted by molar-refractivity contribution is 6.62. The van der Waals surface area contributed by atoms with Gasteiger partial charge in [0.2, 0.25) is 0 Å². The van der Waals surface area contributed by atoms with Gasteiger partial charge in [0.25, 0.3) is 5.91 Å². The van der Waals surface area contributed by atoms with E-state index in [-0.39, 0.29) is 11.6 Å². The van der Waals surface area contributed by atoms with Crippen molar-refractivity contribution in [3.05, 3.63) is 59.9 Å². The second-order valence-corrected chi connectivity index (χ2v) is 7.15. The van der Waals surface area contributed by atoms with Crippen molar-refractivity contribution in [2.24, 2.45) is 0 Å². The van der Waals surface area contributed by atoms with Gasteiger partial charge < -0.3 is 14.6 Å². The first kappa shape index (κ1) is 17.6. The van der Waals surface area contributed by atoms with Crippen molar-refractivity contribution in [3.8, 4) is 0 Å². The molecule has 0 bridgehead atoms. The van der Waals surface area contributed by atoms with Crippen LogP contribution in [0.1, 0.15) is 38.1 Å². The van der Waals surface area contributed by atoms with Crippen LogP contribution in [0.3, 0.4) is 0 Å². The first-order valence-electron chi connectivity index (χ1n) is 8.21. The van der Waals surface area contributed by atoms with Crippen LogP contribution < -0.4 is 10.8 Å². The Labute approximate surface area is 147 Å². The minimum Gasteiger partial charge on any atom is -0.399 e. The molecule has 0 unspecified atom stereocenters. The number of carbonyl (C=O) groups excluding carboxylic acids is 1. The number of rotatable bonds is 3. The van der Waals surface area contributed by atoms with E-state index < -0.39 is 24.1 Å². The molecular weight excluding hydrogens is 320 g/mol. The molecule has 0 spiro atoms. The summed E-state index contributed by atoms with van der Waals surface area (Å²) in [5.74, 6) is -0.889. The van der Waals surface area contributed by atoms with Crippen LogP contribution in [0.15, 0.2) is 48.5 Å². The van der Waals surface area contributed by atoms with Gasteiger partial charge in [0, 0.05) is 5.56 Å². The van der Waals surface area contributed by atoms with Gasteiger partial charge in [-0.2, -0.15) is 0 Å². The molecule has 0 radical (unpaired) electrons. The maximum atomic E-state index is 14.4. The van der Waals surface area contributed by atoms with Crippen molar-refractivity contribution in [2.45, 2.75) is 38.9 Å². The first-order chi connectivity index (χ1) is 11.7. The number of nitrogens with one attached hydrogen (secondary N) is 1. The zero-order valence-electron chi connectivity index (χ0n) is 14.8. The van der Waals surface area contributed by atoms with E-state index in [0.29, 0.717) is 11.0 Å². The molecule has 0 saturated carbocycles. The molecule has 1 aliphatic heterocycles. The van der Waals surface area contributed by atoms with Crippen molar-refractivity contribution < 1.29 is 18.5 Å². The van der Waals surface area contributed by atoms with E-state index in [1.54, 1.807) is 30.3 Å². The number of carbonyl (C=O) groups is 1. The molecule has 0 atom stereocenters. The Balaban J connectivity index is 1.77. The largest absolute Gasteiger partial charge is 0.494 e. The lowest BCUT2D eigenvalue weighted by molar-refractivity contribution is 0.00578. The number of halogens is 1. The topological polar surface area (TPSA) is 47.6 Å². The summed E-state index contributed by atoms with van der Waals surface area (Å²) in [6.07, 6.45) is 0. The molecule has 1 amide bonds. The van der Waals surface area contributed by atoms with Gasteiger partial charge in [0.15, 0.2) is 0 Å². The smallest absolute Gasteiger partial charge is 0.399 e. The molecule has 1 saturated heterocycles. The molecule has 25 heavy (non-hydrogen) atoms. The molecule has 1 heterocycles. The van der Waals surface area contributed by atoms with Gasteiger partial charge in [-0.25, -0.2) is 4.39 Å². The predicted molar refractivity (Wildman–Crippen MR) is 96.5 cm³/mol. The number of hydrogen-bond donors (Lipinski definition) is 1. The summed E-state index contributed by atoms with van der Waals surface area (Å²) in [5.41, 5.74) is 0.183. The fourth-order valence-electron chi connectivity index (χ4n) is 2.54. The fraction of sp³-hybridized carbons (Fsp3) is 0.316. The van der Waals surface area contributed by atoms with Gasteiger partial charge in [0.05, 0.1) is 16.9 Å². The third-order valence-corrected chi connectivity index (χ3v) is 4.80. The van der Waals surface area contributed by atoms with Crippen LogP contribution in [0.4, 0.5) is 10.1 Å². The number of hydrogen-bond acceptors (Lipinski definition) is 3. The van der Waals surface area contributed by atoms with Gasteiger partial charge >= 0.3 is 7.12 Å². The lowest BCUT2D eigenvalue weighted by atomic mass is 9.79. The van der Waals surface area contributed by atoms with Crippen LogP contribution >= 0.6 is 0 Å². The van der Waals surface area contributed by atoms with E-state index in [4.69, 9.17) is 9.31 Å². The summed E-state index contributed by atoms with van der Waals surface area (Å²) < 4.78 is 26.3. The van der Waals surface area contributed by atoms with Crippen LogP contribution in [0.5, 0.6) is 0 Å². The Morgan fingerprint density at radius 2 is 1.60 bits per heavy atom. The second-order valence-electron chi connectivity index (χ2n) is 7.15. The van der Waals surface area contributed by atoms with Crippen LogP contribution in [-0.4, -0.2) is 24.2 Å². The van der Waals surface area contributed by atoms with Crippen LogP contribution in [0.25, 0.3) is 0 Å². The quantitative estimate of drug-likeness (QED) is 0.871. The molecule has 0 aromatic heterocycles. The summed E-state index contributed by atoms with van der Waals surface area (Å²) >= 11 is 0. The van der Waals surface area contributed by atoms with Gasteiger partial charge in [-0.05, 0) is 57.4 Å². The molecule has 1 fully saturated rings. The summed E-state index contributed by atoms with van der Waals surface area (Å²) in [6, 6.07) is 13.2. The van der Waals surface area contributed by atoms with Crippen molar-refractivity contribution in [2.75, 3.05) is 5.32 Å². The minimum atomic E-state index is -0.640. The first-order valence-corrected chi connectivity index (χ1v) is 8.21. The molecule has 2 aromatic carbocycles. The van der Waals surface area contributed by atoms with E-state index >= 15 is 0 Å². The average molecular weight is 341 g/mol. The van der Waals surface area contributed by atoms with E-state index in [0.717, 1.165) is 0 Å². The van der Waals surface area contributed by atoms with E-state index in [2.05, 4.69) is 5.32 Å². The normalized spacial score (nSPS) is 18.2. The number of benzene rings is 2. The molecule has 4 nitrogen and oxygen atoms in total. The third kappa shape index (κ3) is 3.46. The van der Waals surface area contributed by atoms with Gasteiger partial charge in [0.1, 0.15) is 5.82 Å². The third-order valence-electron chi connectivity index (χ3n) is 4.80. The monoisotopic (exact) mass is 341 g/mol. The Morgan fingerprint density at radius 3 is 2.16 bits per heavy atom. The zero-order chi connectivity index (χ0) is 18.2. The lowest BCUT2D eigenvalue weighted by Crippen LogP contribution is -2.41. The van der Waals surface area contributed by atoms with Crippen LogP contribution in [0.2, 0.25) is 0 Å². The van der Waals surface area contributed by atoms with E-state index in [1.165, 1.54) is 12.1 Å². The standard InChI is InChI=1S/C19H21BFNO3/c1-18(2)19(3,4)25-20(24-18)14-10-11-16(15(21)12-14)22-17(23)13-8-6-5-7-9-13/h5-12H,1-4H3,(H,22,23). The van der Waals surface area contributed by atoms with Crippen molar-refractivity contribution in [1.29, 1.82) is 0 Å². The number of anilines is 1. The Hall–Kier alpha value is -2.18. The van der Waals surface area contributed by atoms with Gasteiger partial charge in [-0.1, -0.05) is 24.3 Å². The fourth-order valence-corrected chi connectivity index (χ4v) is 2.54. The maximum absolute atomic E-state index is 14.4. The molecule has 1 N–H and O–H groups in total. The molecule has 3 rings (SSSR count). The zero-order valence-corrected chi connectivity index (χ0v) is 14.8. The Kier molecular flexibility index (Phi) is 4.43. The molecular formula is C19H21BFNO3. The summed E-state index contributed by atoms with van der Waals surface area (Å²) in [5, 5.41) is 2.58. The lowest BCUT2D eigenvalue weighted by Gasteiger charge is -2.32. The van der Waals surface area contributed by atoms with Gasteiger partial charge in [-0.15, -0.1) is 0 Å². The van der Waals surface area contributed by atoms with E-state index in [1.807, 2.05) is 33.8 Å². The summed E-state index contributed by atoms with van der Waals surface area (Å²) in [4.78, 5) is 12.2. The minimum absolute atomic E-state index is 0.120. The maximum Gasteiger partial charge on any atom is 0.494 e. The van der Waals surface area contributed by atoms with Crippen molar-refractivity contribution >= 4 is 24.2 Å². The average Bonchev–Trinajstić information content (AvgIpc) is 2.78. The summed E-state index contributed by atoms with van der Waals surface area (Å²) in [6.45, 7) is 7.77. The molecule has 2 aromatic rings. The molecule has 6 heteroatoms.